The molecule has 1 heterocycles. The number of anilines is 1. The lowest BCUT2D eigenvalue weighted by Crippen LogP contribution is -2.53. The summed E-state index contributed by atoms with van der Waals surface area (Å²) in [5, 5.41) is 3.48. The van der Waals surface area contributed by atoms with Crippen molar-refractivity contribution in [3.05, 3.63) is 59.7 Å². The van der Waals surface area contributed by atoms with Gasteiger partial charge in [0.1, 0.15) is 11.6 Å². The van der Waals surface area contributed by atoms with E-state index in [4.69, 9.17) is 11.6 Å². The van der Waals surface area contributed by atoms with Gasteiger partial charge in [-0.15, -0.1) is 13.2 Å². The monoisotopic (exact) mass is 529 g/mol. The van der Waals surface area contributed by atoms with Gasteiger partial charge in [-0.2, -0.15) is 5.10 Å². The first-order valence-corrected chi connectivity index (χ1v) is 12.8. The Balaban J connectivity index is 1.48. The molecular weight excluding hydrogens is 499 g/mol. The van der Waals surface area contributed by atoms with Crippen LogP contribution >= 0.6 is 0 Å². The second-order valence-electron chi connectivity index (χ2n) is 10.1. The molecule has 2 aliphatic carbocycles. The highest BCUT2D eigenvalue weighted by molar-refractivity contribution is 6.07. The fraction of sp³-hybridized carbons (Fsp3) is 0.444. The van der Waals surface area contributed by atoms with Crippen molar-refractivity contribution in [3.8, 4) is 5.75 Å². The maximum absolute atomic E-state index is 13.8. The molecule has 2 aromatic carbocycles. The Kier molecular flexibility index (Phi) is 6.93. The lowest BCUT2D eigenvalue weighted by molar-refractivity contribution is -0.274. The number of carbonyl (C=O) groups excluding carboxylic acids is 2. The quantitative estimate of drug-likeness (QED) is 0.238. The van der Waals surface area contributed by atoms with E-state index in [2.05, 4.69) is 9.84 Å². The van der Waals surface area contributed by atoms with Crippen molar-refractivity contribution in [1.29, 1.82) is 0 Å². The first kappa shape index (κ1) is 25.9. The zero-order chi connectivity index (χ0) is 27.0. The molecule has 3 unspecified atom stereocenters. The molecule has 8 nitrogen and oxygen atoms in total. The number of hydrogen-bond donors (Lipinski definition) is 2. The van der Waals surface area contributed by atoms with E-state index >= 15 is 0 Å². The van der Waals surface area contributed by atoms with Crippen molar-refractivity contribution in [2.24, 2.45) is 22.6 Å². The highest BCUT2D eigenvalue weighted by atomic mass is 19.4. The van der Waals surface area contributed by atoms with Crippen LogP contribution in [0, 0.1) is 5.92 Å². The van der Waals surface area contributed by atoms with Crippen LogP contribution in [-0.4, -0.2) is 41.0 Å². The van der Waals surface area contributed by atoms with Crippen LogP contribution < -0.4 is 21.2 Å². The van der Waals surface area contributed by atoms with Gasteiger partial charge >= 0.3 is 6.36 Å². The van der Waals surface area contributed by atoms with E-state index in [1.807, 2.05) is 29.2 Å². The van der Waals surface area contributed by atoms with E-state index in [0.717, 1.165) is 55.5 Å². The van der Waals surface area contributed by atoms with Gasteiger partial charge in [-0.3, -0.25) is 9.59 Å². The van der Waals surface area contributed by atoms with Crippen molar-refractivity contribution in [1.82, 2.24) is 4.90 Å². The summed E-state index contributed by atoms with van der Waals surface area (Å²) in [5.41, 5.74) is 7.64. The number of para-hydroxylation sites is 1. The second kappa shape index (κ2) is 10.2. The number of amides is 2. The van der Waals surface area contributed by atoms with Crippen molar-refractivity contribution in [3.63, 3.8) is 0 Å². The molecule has 3 aliphatic rings. The van der Waals surface area contributed by atoms with Crippen molar-refractivity contribution >= 4 is 23.3 Å². The van der Waals surface area contributed by atoms with E-state index in [-0.39, 0.29) is 65.8 Å². The normalized spacial score (nSPS) is 23.0. The van der Waals surface area contributed by atoms with E-state index in [1.54, 1.807) is 4.90 Å². The summed E-state index contributed by atoms with van der Waals surface area (Å²) in [4.78, 5) is 31.1. The number of ether oxygens (including phenoxy) is 1. The number of nitrogens with two attached hydrogens (primary N) is 2. The van der Waals surface area contributed by atoms with Crippen molar-refractivity contribution in [2.75, 3.05) is 4.90 Å². The van der Waals surface area contributed by atoms with Gasteiger partial charge in [0.2, 0.25) is 5.91 Å². The topological polar surface area (TPSA) is 114 Å². The van der Waals surface area contributed by atoms with Crippen LogP contribution in [0.25, 0.3) is 0 Å². The number of benzene rings is 2. The van der Waals surface area contributed by atoms with Gasteiger partial charge in [-0.25, -0.2) is 0 Å². The first-order valence-electron chi connectivity index (χ1n) is 12.8. The average molecular weight is 530 g/mol. The number of hydrogen-bond acceptors (Lipinski definition) is 5. The number of carbonyl (C=O) groups is 2. The number of fused-ring (bicyclic) bond motifs is 2. The fourth-order valence-electron chi connectivity index (χ4n) is 5.95. The lowest BCUT2D eigenvalue weighted by atomic mass is 9.81. The molecule has 0 saturated heterocycles. The standard InChI is InChI=1S/C27H30F3N5O3/c28-27(29,30)38-18-12-8-16(9-13-18)26(37)35-21-6-2-1-4-19(21)25(20-5-3-7-22(20)35)34(17-10-11-17)24(36)15-14-23(31)33-32/h1-2,4,6,8-9,12-13,17,20,22,25H,3,5,7,10-11,14-15,32H2,(H2,31,33). The Hall–Kier alpha value is -3.76. The van der Waals surface area contributed by atoms with E-state index in [1.165, 1.54) is 12.1 Å². The van der Waals surface area contributed by atoms with Crippen molar-refractivity contribution in [2.45, 2.75) is 69.4 Å². The number of alkyl halides is 3. The van der Waals surface area contributed by atoms with E-state index in [0.29, 0.717) is 0 Å². The van der Waals surface area contributed by atoms with Crippen LogP contribution in [0.4, 0.5) is 18.9 Å². The summed E-state index contributed by atoms with van der Waals surface area (Å²) < 4.78 is 41.7. The van der Waals surface area contributed by atoms with Crippen molar-refractivity contribution < 1.29 is 27.5 Å². The summed E-state index contributed by atoms with van der Waals surface area (Å²) >= 11 is 0. The predicted molar refractivity (Wildman–Crippen MR) is 135 cm³/mol. The molecular formula is C27H30F3N5O3. The van der Waals surface area contributed by atoms with Gasteiger partial charge in [-0.05, 0) is 61.6 Å². The number of hydrazone groups is 1. The second-order valence-corrected chi connectivity index (χ2v) is 10.1. The maximum atomic E-state index is 13.8. The Bertz CT molecular complexity index is 1230. The maximum Gasteiger partial charge on any atom is 0.573 e. The molecule has 4 N–H and O–H groups in total. The highest BCUT2D eigenvalue weighted by Crippen LogP contribution is 2.53. The highest BCUT2D eigenvalue weighted by Gasteiger charge is 2.51. The van der Waals surface area contributed by atoms with Crippen LogP contribution in [-0.2, 0) is 4.79 Å². The fourth-order valence-corrected chi connectivity index (χ4v) is 5.95. The van der Waals surface area contributed by atoms with Gasteiger partial charge in [0.15, 0.2) is 0 Å². The molecule has 5 rings (SSSR count). The number of amidine groups is 1. The van der Waals surface area contributed by atoms with Crippen LogP contribution in [0.5, 0.6) is 5.75 Å². The average Bonchev–Trinajstić information content (AvgIpc) is 3.61. The lowest BCUT2D eigenvalue weighted by Gasteiger charge is -2.48. The minimum absolute atomic E-state index is 0.00965. The molecule has 0 radical (unpaired) electrons. The van der Waals surface area contributed by atoms with Crippen LogP contribution in [0.2, 0.25) is 0 Å². The molecule has 202 valence electrons. The molecule has 2 saturated carbocycles. The molecule has 11 heteroatoms. The van der Waals surface area contributed by atoms with Crippen LogP contribution in [0.3, 0.4) is 0 Å². The third kappa shape index (κ3) is 5.14. The summed E-state index contributed by atoms with van der Waals surface area (Å²) in [6, 6.07) is 12.4. The SMILES string of the molecule is NN=C(N)CCC(=O)N(C1CC1)C1c2ccccc2N(C(=O)c2ccc(OC(F)(F)F)cc2)C2CCCC21. The zero-order valence-electron chi connectivity index (χ0n) is 20.7. The molecule has 38 heavy (non-hydrogen) atoms. The van der Waals surface area contributed by atoms with Crippen LogP contribution in [0.1, 0.15) is 66.9 Å². The van der Waals surface area contributed by atoms with Gasteiger partial charge in [0, 0.05) is 42.1 Å². The Morgan fingerprint density at radius 1 is 1.03 bits per heavy atom. The Morgan fingerprint density at radius 3 is 2.39 bits per heavy atom. The third-order valence-corrected chi connectivity index (χ3v) is 7.63. The first-order chi connectivity index (χ1) is 18.2. The number of halogens is 3. The zero-order valence-corrected chi connectivity index (χ0v) is 20.7. The van der Waals surface area contributed by atoms with Crippen LogP contribution in [0.15, 0.2) is 53.6 Å². The molecule has 0 spiro atoms. The predicted octanol–water partition coefficient (Wildman–Crippen LogP) is 4.46. The third-order valence-electron chi connectivity index (χ3n) is 7.63. The summed E-state index contributed by atoms with van der Waals surface area (Å²) in [6.45, 7) is 0. The minimum atomic E-state index is -4.81. The molecule has 2 aromatic rings. The molecule has 0 aromatic heterocycles. The van der Waals surface area contributed by atoms with E-state index < -0.39 is 6.36 Å². The largest absolute Gasteiger partial charge is 0.573 e. The Labute approximate surface area is 218 Å². The van der Waals surface area contributed by atoms with Gasteiger partial charge in [0.05, 0.1) is 6.04 Å². The smallest absolute Gasteiger partial charge is 0.406 e. The summed E-state index contributed by atoms with van der Waals surface area (Å²) in [6.07, 6.45) is 0.0610. The van der Waals surface area contributed by atoms with Gasteiger partial charge in [0.25, 0.3) is 5.91 Å². The van der Waals surface area contributed by atoms with Gasteiger partial charge in [-0.1, -0.05) is 24.6 Å². The number of rotatable bonds is 7. The summed E-state index contributed by atoms with van der Waals surface area (Å²) in [7, 11) is 0. The molecule has 1 aliphatic heterocycles. The Morgan fingerprint density at radius 2 is 1.74 bits per heavy atom. The minimum Gasteiger partial charge on any atom is -0.406 e. The number of nitrogens with zero attached hydrogens (tertiary/aromatic N) is 3. The van der Waals surface area contributed by atoms with E-state index in [9.17, 15) is 22.8 Å². The molecule has 3 atom stereocenters. The molecule has 2 amide bonds. The molecule has 2 fully saturated rings. The van der Waals surface area contributed by atoms with Gasteiger partial charge < -0.3 is 26.1 Å². The molecule has 0 bridgehead atoms. The summed E-state index contributed by atoms with van der Waals surface area (Å²) in [5.74, 6) is 4.83.